The average Bonchev–Trinajstić information content (AvgIpc) is 2.78. The van der Waals surface area contributed by atoms with Crippen LogP contribution in [0, 0.1) is 11.7 Å². The number of hydrogen-bond acceptors (Lipinski definition) is 2. The Labute approximate surface area is 110 Å². The zero-order valence-electron chi connectivity index (χ0n) is 9.96. The summed E-state index contributed by atoms with van der Waals surface area (Å²) < 4.78 is 19.1. The normalized spacial score (nSPS) is 19.9. The van der Waals surface area contributed by atoms with Crippen LogP contribution in [-0.4, -0.2) is 26.8 Å². The van der Waals surface area contributed by atoms with Gasteiger partial charge in [-0.2, -0.15) is 0 Å². The predicted octanol–water partition coefficient (Wildman–Crippen LogP) is 3.19. The van der Waals surface area contributed by atoms with Gasteiger partial charge in [-0.15, -0.1) is 0 Å². The predicted molar refractivity (Wildman–Crippen MR) is 71.2 cm³/mol. The van der Waals surface area contributed by atoms with Gasteiger partial charge in [-0.25, -0.2) is 4.39 Å². The molecule has 1 unspecified atom stereocenters. The minimum atomic E-state index is -0.125. The number of methoxy groups -OCH3 is 1. The van der Waals surface area contributed by atoms with Crippen LogP contribution in [0.25, 0.3) is 0 Å². The summed E-state index contributed by atoms with van der Waals surface area (Å²) in [6.45, 7) is 2.56. The summed E-state index contributed by atoms with van der Waals surface area (Å²) in [5, 5.41) is 0.691. The van der Waals surface area contributed by atoms with E-state index in [9.17, 15) is 4.39 Å². The molecule has 1 atom stereocenters. The maximum Gasteiger partial charge on any atom is 0.146 e. The fourth-order valence-corrected chi connectivity index (χ4v) is 2.66. The first-order valence-corrected chi connectivity index (χ1v) is 6.95. The number of benzene rings is 1. The highest BCUT2D eigenvalue weighted by Gasteiger charge is 2.24. The van der Waals surface area contributed by atoms with Crippen molar-refractivity contribution in [2.24, 2.45) is 5.92 Å². The lowest BCUT2D eigenvalue weighted by Crippen LogP contribution is -2.22. The van der Waals surface area contributed by atoms with Crippen LogP contribution in [0.4, 0.5) is 10.1 Å². The molecule has 94 valence electrons. The van der Waals surface area contributed by atoms with Crippen molar-refractivity contribution >= 4 is 21.6 Å². The largest absolute Gasteiger partial charge is 0.384 e. The molecule has 1 aromatic carbocycles. The third kappa shape index (κ3) is 2.99. The molecule has 2 nitrogen and oxygen atoms in total. The summed E-state index contributed by atoms with van der Waals surface area (Å²) in [6.07, 6.45) is 1.08. The quantitative estimate of drug-likeness (QED) is 0.792. The van der Waals surface area contributed by atoms with E-state index in [1.165, 1.54) is 0 Å². The Morgan fingerprint density at radius 2 is 2.35 bits per heavy atom. The first-order chi connectivity index (χ1) is 8.24. The maximum absolute atomic E-state index is 13.9. The third-order valence-electron chi connectivity index (χ3n) is 3.20. The fraction of sp³-hybridized carbons (Fsp3) is 0.538. The second-order valence-corrected chi connectivity index (χ2v) is 5.04. The summed E-state index contributed by atoms with van der Waals surface area (Å²) in [6, 6.07) is 5.45. The lowest BCUT2D eigenvalue weighted by Gasteiger charge is -2.19. The Hall–Kier alpha value is -0.610. The lowest BCUT2D eigenvalue weighted by atomic mass is 10.1. The van der Waals surface area contributed by atoms with Gasteiger partial charge in [0.05, 0.1) is 12.3 Å². The van der Waals surface area contributed by atoms with Crippen molar-refractivity contribution in [3.63, 3.8) is 0 Å². The van der Waals surface area contributed by atoms with Crippen LogP contribution in [0.3, 0.4) is 0 Å². The van der Waals surface area contributed by atoms with Gasteiger partial charge < -0.3 is 9.64 Å². The topological polar surface area (TPSA) is 12.5 Å². The number of alkyl halides is 1. The molecule has 0 spiro atoms. The van der Waals surface area contributed by atoms with E-state index in [-0.39, 0.29) is 5.82 Å². The van der Waals surface area contributed by atoms with Crippen molar-refractivity contribution in [1.82, 2.24) is 0 Å². The van der Waals surface area contributed by atoms with Crippen molar-refractivity contribution in [3.05, 3.63) is 29.6 Å². The van der Waals surface area contributed by atoms with Gasteiger partial charge >= 0.3 is 0 Å². The van der Waals surface area contributed by atoms with Gasteiger partial charge in [-0.3, -0.25) is 0 Å². The molecule has 2 rings (SSSR count). The molecule has 0 amide bonds. The molecule has 0 aromatic heterocycles. The number of anilines is 1. The number of hydrogen-bond donors (Lipinski definition) is 0. The number of rotatable bonds is 4. The minimum absolute atomic E-state index is 0.125. The zero-order valence-corrected chi connectivity index (χ0v) is 11.5. The van der Waals surface area contributed by atoms with Crippen LogP contribution in [0.15, 0.2) is 18.2 Å². The van der Waals surface area contributed by atoms with Gasteiger partial charge in [0.25, 0.3) is 0 Å². The van der Waals surface area contributed by atoms with E-state index in [2.05, 4.69) is 20.8 Å². The Balaban J connectivity index is 2.08. The van der Waals surface area contributed by atoms with Crippen LogP contribution in [0.1, 0.15) is 12.0 Å². The third-order valence-corrected chi connectivity index (χ3v) is 3.84. The molecule has 1 fully saturated rings. The highest BCUT2D eigenvalue weighted by Crippen LogP contribution is 2.27. The lowest BCUT2D eigenvalue weighted by molar-refractivity contribution is 0.161. The zero-order chi connectivity index (χ0) is 12.3. The SMILES string of the molecule is COCC1CCN(c2ccc(CBr)cc2F)C1. The molecule has 4 heteroatoms. The molecule has 0 bridgehead atoms. The van der Waals surface area contributed by atoms with Crippen molar-refractivity contribution < 1.29 is 9.13 Å². The summed E-state index contributed by atoms with van der Waals surface area (Å²) in [5.41, 5.74) is 1.69. The van der Waals surface area contributed by atoms with Crippen LogP contribution >= 0.6 is 15.9 Å². The van der Waals surface area contributed by atoms with E-state index >= 15 is 0 Å². The molecule has 0 saturated carbocycles. The van der Waals surface area contributed by atoms with E-state index < -0.39 is 0 Å². The van der Waals surface area contributed by atoms with Crippen LogP contribution in [0.2, 0.25) is 0 Å². The number of ether oxygens (including phenoxy) is 1. The second-order valence-electron chi connectivity index (χ2n) is 4.48. The summed E-state index contributed by atoms with van der Waals surface area (Å²) in [4.78, 5) is 2.11. The van der Waals surface area contributed by atoms with Crippen molar-refractivity contribution in [2.75, 3.05) is 31.7 Å². The average molecular weight is 302 g/mol. The standard InChI is InChI=1S/C13H17BrFNO/c1-17-9-11-4-5-16(8-11)13-3-2-10(7-14)6-12(13)15/h2-3,6,11H,4-5,7-9H2,1H3. The highest BCUT2D eigenvalue weighted by molar-refractivity contribution is 9.08. The van der Waals surface area contributed by atoms with Gasteiger partial charge in [0.1, 0.15) is 5.82 Å². The summed E-state index contributed by atoms with van der Waals surface area (Å²) in [7, 11) is 1.72. The maximum atomic E-state index is 13.9. The van der Waals surface area contributed by atoms with E-state index in [1.807, 2.05) is 12.1 Å². The van der Waals surface area contributed by atoms with E-state index in [0.29, 0.717) is 16.9 Å². The van der Waals surface area contributed by atoms with E-state index in [1.54, 1.807) is 13.2 Å². The molecule has 1 aliphatic rings. The summed E-state index contributed by atoms with van der Waals surface area (Å²) >= 11 is 3.33. The number of nitrogens with zero attached hydrogens (tertiary/aromatic N) is 1. The molecule has 1 saturated heterocycles. The molecule has 1 heterocycles. The Kier molecular flexibility index (Phi) is 4.40. The van der Waals surface area contributed by atoms with Crippen molar-refractivity contribution in [2.45, 2.75) is 11.8 Å². The van der Waals surface area contributed by atoms with Gasteiger partial charge in [0.15, 0.2) is 0 Å². The second kappa shape index (κ2) is 5.83. The van der Waals surface area contributed by atoms with Crippen LogP contribution in [0.5, 0.6) is 0 Å². The van der Waals surface area contributed by atoms with E-state index in [4.69, 9.17) is 4.74 Å². The van der Waals surface area contributed by atoms with Gasteiger partial charge in [0.2, 0.25) is 0 Å². The molecule has 1 aliphatic heterocycles. The Bertz CT molecular complexity index is 386. The van der Waals surface area contributed by atoms with Gasteiger partial charge in [-0.1, -0.05) is 22.0 Å². The molecular weight excluding hydrogens is 285 g/mol. The molecule has 1 aromatic rings. The molecule has 0 radical (unpaired) electrons. The number of halogens is 2. The molecule has 0 aliphatic carbocycles. The van der Waals surface area contributed by atoms with Crippen LogP contribution in [-0.2, 0) is 10.1 Å². The monoisotopic (exact) mass is 301 g/mol. The molecular formula is C13H17BrFNO. The highest BCUT2D eigenvalue weighted by atomic mass is 79.9. The van der Waals surface area contributed by atoms with Gasteiger partial charge in [0, 0.05) is 31.4 Å². The summed E-state index contributed by atoms with van der Waals surface area (Å²) in [5.74, 6) is 0.398. The minimum Gasteiger partial charge on any atom is -0.384 e. The first kappa shape index (κ1) is 12.8. The van der Waals surface area contributed by atoms with Crippen molar-refractivity contribution in [3.8, 4) is 0 Å². The molecule has 0 N–H and O–H groups in total. The van der Waals surface area contributed by atoms with E-state index in [0.717, 1.165) is 31.7 Å². The Morgan fingerprint density at radius 3 is 3.00 bits per heavy atom. The Morgan fingerprint density at radius 1 is 1.53 bits per heavy atom. The first-order valence-electron chi connectivity index (χ1n) is 5.83. The van der Waals surface area contributed by atoms with Crippen molar-refractivity contribution in [1.29, 1.82) is 0 Å². The van der Waals surface area contributed by atoms with Crippen LogP contribution < -0.4 is 4.90 Å². The molecule has 17 heavy (non-hydrogen) atoms. The van der Waals surface area contributed by atoms with Gasteiger partial charge in [-0.05, 0) is 24.1 Å². The smallest absolute Gasteiger partial charge is 0.146 e. The fourth-order valence-electron chi connectivity index (χ4n) is 2.31.